The quantitative estimate of drug-likeness (QED) is 0.740. The lowest BCUT2D eigenvalue weighted by Gasteiger charge is -2.45. The number of aromatic nitrogens is 2. The number of rotatable bonds is 1. The van der Waals surface area contributed by atoms with E-state index in [1.807, 2.05) is 0 Å². The summed E-state index contributed by atoms with van der Waals surface area (Å²) in [6, 6.07) is 1.60. The van der Waals surface area contributed by atoms with Crippen LogP contribution in [0.4, 0.5) is 0 Å². The van der Waals surface area contributed by atoms with Crippen LogP contribution in [0.15, 0.2) is 12.3 Å². The first-order chi connectivity index (χ1) is 9.16. The maximum atomic E-state index is 12.2. The highest BCUT2D eigenvalue weighted by atomic mass is 16.5. The number of ether oxygens (including phenoxy) is 1. The van der Waals surface area contributed by atoms with Gasteiger partial charge in [-0.05, 0) is 12.5 Å². The smallest absolute Gasteiger partial charge is 0.271 e. The third kappa shape index (κ3) is 2.10. The molecule has 1 N–H and O–H groups in total. The minimum absolute atomic E-state index is 0.0305. The summed E-state index contributed by atoms with van der Waals surface area (Å²) in [5.74, 6) is -0.112. The molecule has 19 heavy (non-hydrogen) atoms. The van der Waals surface area contributed by atoms with Crippen molar-refractivity contribution in [1.29, 1.82) is 0 Å². The zero-order valence-corrected chi connectivity index (χ0v) is 10.7. The molecule has 102 valence electrons. The highest BCUT2D eigenvalue weighted by molar-refractivity contribution is 5.92. The molecule has 2 aliphatic rings. The van der Waals surface area contributed by atoms with E-state index in [1.54, 1.807) is 29.1 Å². The number of amides is 2. The van der Waals surface area contributed by atoms with Crippen LogP contribution < -0.4 is 0 Å². The van der Waals surface area contributed by atoms with Crippen LogP contribution in [0, 0.1) is 0 Å². The van der Waals surface area contributed by atoms with Crippen LogP contribution in [0.5, 0.6) is 0 Å². The summed E-state index contributed by atoms with van der Waals surface area (Å²) in [5.41, 5.74) is 0.476. The first-order valence-electron chi connectivity index (χ1n) is 6.32. The van der Waals surface area contributed by atoms with E-state index in [0.717, 1.165) is 6.42 Å². The topological polar surface area (TPSA) is 78.5 Å². The molecule has 2 amide bonds. The Bertz CT molecular complexity index is 487. The summed E-state index contributed by atoms with van der Waals surface area (Å²) in [7, 11) is 1.77. The highest BCUT2D eigenvalue weighted by Gasteiger charge is 2.40. The third-order valence-corrected chi connectivity index (χ3v) is 3.85. The number of hydrogen-bond acceptors (Lipinski definition) is 4. The van der Waals surface area contributed by atoms with Crippen LogP contribution >= 0.6 is 0 Å². The van der Waals surface area contributed by atoms with Gasteiger partial charge in [0.15, 0.2) is 0 Å². The van der Waals surface area contributed by atoms with Gasteiger partial charge in [-0.1, -0.05) is 0 Å². The molecule has 2 saturated heterocycles. The number of nitrogens with zero attached hydrogens (tertiary/aromatic N) is 3. The first kappa shape index (κ1) is 12.2. The van der Waals surface area contributed by atoms with E-state index in [0.29, 0.717) is 18.8 Å². The largest absolute Gasteiger partial charge is 0.366 e. The van der Waals surface area contributed by atoms with Crippen LogP contribution in [0.2, 0.25) is 0 Å². The average molecular weight is 264 g/mol. The second kappa shape index (κ2) is 4.65. The number of fused-ring (bicyclic) bond motifs is 1. The van der Waals surface area contributed by atoms with Gasteiger partial charge in [0.2, 0.25) is 5.91 Å². The van der Waals surface area contributed by atoms with Crippen molar-refractivity contribution in [3.05, 3.63) is 18.0 Å². The Morgan fingerprint density at radius 1 is 1.58 bits per heavy atom. The second-order valence-electron chi connectivity index (χ2n) is 4.93. The van der Waals surface area contributed by atoms with Gasteiger partial charge in [0.05, 0.1) is 12.1 Å². The van der Waals surface area contributed by atoms with Gasteiger partial charge in [0.1, 0.15) is 12.3 Å². The Kier molecular flexibility index (Phi) is 2.98. The monoisotopic (exact) mass is 264 g/mol. The molecule has 2 atom stereocenters. The van der Waals surface area contributed by atoms with Crippen molar-refractivity contribution in [2.24, 2.45) is 0 Å². The van der Waals surface area contributed by atoms with Crippen LogP contribution in [0.3, 0.4) is 0 Å². The Balaban J connectivity index is 1.73. The lowest BCUT2D eigenvalue weighted by atomic mass is 9.99. The summed E-state index contributed by atoms with van der Waals surface area (Å²) in [5, 5.41) is 6.46. The molecule has 0 bridgehead atoms. The van der Waals surface area contributed by atoms with Crippen molar-refractivity contribution in [1.82, 2.24) is 20.0 Å². The Hall–Kier alpha value is -1.89. The fraction of sp³-hybridized carbons (Fsp3) is 0.583. The zero-order valence-electron chi connectivity index (χ0n) is 10.7. The fourth-order valence-electron chi connectivity index (χ4n) is 2.67. The molecule has 0 aliphatic carbocycles. The Morgan fingerprint density at radius 2 is 2.42 bits per heavy atom. The van der Waals surface area contributed by atoms with E-state index in [4.69, 9.17) is 4.74 Å². The van der Waals surface area contributed by atoms with Crippen molar-refractivity contribution >= 4 is 11.8 Å². The van der Waals surface area contributed by atoms with Crippen molar-refractivity contribution in [3.8, 4) is 0 Å². The van der Waals surface area contributed by atoms with Gasteiger partial charge in [-0.2, -0.15) is 5.10 Å². The molecule has 2 fully saturated rings. The molecule has 7 heteroatoms. The summed E-state index contributed by atoms with van der Waals surface area (Å²) < 4.78 is 5.53. The van der Waals surface area contributed by atoms with Gasteiger partial charge >= 0.3 is 0 Å². The molecule has 0 saturated carbocycles. The number of carbonyl (C=O) groups is 2. The van der Waals surface area contributed by atoms with E-state index in [2.05, 4.69) is 10.2 Å². The molecule has 3 heterocycles. The van der Waals surface area contributed by atoms with Crippen LogP contribution in [-0.4, -0.2) is 70.7 Å². The number of aromatic amines is 1. The predicted molar refractivity (Wildman–Crippen MR) is 65.4 cm³/mol. The number of likely N-dealkylation sites (tertiary alicyclic amines) is 1. The number of hydrogen-bond donors (Lipinski definition) is 1. The molecule has 0 unspecified atom stereocenters. The molecule has 1 aromatic heterocycles. The summed E-state index contributed by atoms with van der Waals surface area (Å²) in [6.45, 7) is 1.29. The summed E-state index contributed by atoms with van der Waals surface area (Å²) >= 11 is 0. The number of nitrogens with one attached hydrogen (secondary N) is 1. The highest BCUT2D eigenvalue weighted by Crippen LogP contribution is 2.23. The van der Waals surface area contributed by atoms with E-state index < -0.39 is 0 Å². The molecule has 0 spiro atoms. The predicted octanol–water partition coefficient (Wildman–Crippen LogP) is -0.519. The second-order valence-corrected chi connectivity index (χ2v) is 4.93. The standard InChI is InChI=1S/C12H16N4O3/c1-15-9-6-16(12(18)8-2-4-13-14-8)5-3-10(9)19-7-11(15)17/h2,4,9-10H,3,5-7H2,1H3,(H,13,14)/t9-,10+/m0/s1. The zero-order chi connectivity index (χ0) is 13.4. The molecular weight excluding hydrogens is 248 g/mol. The number of piperidine rings is 1. The summed E-state index contributed by atoms with van der Waals surface area (Å²) in [6.07, 6.45) is 2.34. The molecule has 2 aliphatic heterocycles. The van der Waals surface area contributed by atoms with Crippen molar-refractivity contribution < 1.29 is 14.3 Å². The van der Waals surface area contributed by atoms with Gasteiger partial charge in [-0.25, -0.2) is 0 Å². The van der Waals surface area contributed by atoms with Gasteiger partial charge in [-0.3, -0.25) is 14.7 Å². The van der Waals surface area contributed by atoms with Gasteiger partial charge in [0.25, 0.3) is 5.91 Å². The van der Waals surface area contributed by atoms with Gasteiger partial charge in [0, 0.05) is 26.3 Å². The SMILES string of the molecule is CN1C(=O)CO[C@@H]2CCN(C(=O)c3ccn[nH]3)C[C@@H]21. The molecule has 3 rings (SSSR count). The van der Waals surface area contributed by atoms with E-state index in [1.165, 1.54) is 0 Å². The average Bonchev–Trinajstić information content (AvgIpc) is 2.96. The number of H-pyrrole nitrogens is 1. The van der Waals surface area contributed by atoms with Crippen molar-refractivity contribution in [2.75, 3.05) is 26.7 Å². The Labute approximate surface area is 110 Å². The normalized spacial score (nSPS) is 27.3. The van der Waals surface area contributed by atoms with E-state index >= 15 is 0 Å². The van der Waals surface area contributed by atoms with E-state index in [-0.39, 0.29) is 30.6 Å². The number of likely N-dealkylation sites (N-methyl/N-ethyl adjacent to an activating group) is 1. The van der Waals surface area contributed by atoms with Crippen LogP contribution in [0.25, 0.3) is 0 Å². The van der Waals surface area contributed by atoms with Gasteiger partial charge in [-0.15, -0.1) is 0 Å². The van der Waals surface area contributed by atoms with E-state index in [9.17, 15) is 9.59 Å². The molecule has 0 aromatic carbocycles. The fourth-order valence-corrected chi connectivity index (χ4v) is 2.67. The molecule has 0 radical (unpaired) electrons. The number of carbonyl (C=O) groups excluding carboxylic acids is 2. The minimum atomic E-state index is -0.0811. The summed E-state index contributed by atoms with van der Waals surface area (Å²) in [4.78, 5) is 27.3. The first-order valence-corrected chi connectivity index (χ1v) is 6.32. The lowest BCUT2D eigenvalue weighted by Crippen LogP contribution is -2.61. The van der Waals surface area contributed by atoms with Crippen molar-refractivity contribution in [2.45, 2.75) is 18.6 Å². The minimum Gasteiger partial charge on any atom is -0.366 e. The third-order valence-electron chi connectivity index (χ3n) is 3.85. The lowest BCUT2D eigenvalue weighted by molar-refractivity contribution is -0.159. The molecular formula is C12H16N4O3. The Morgan fingerprint density at radius 3 is 3.16 bits per heavy atom. The van der Waals surface area contributed by atoms with Crippen LogP contribution in [0.1, 0.15) is 16.9 Å². The van der Waals surface area contributed by atoms with Crippen LogP contribution in [-0.2, 0) is 9.53 Å². The maximum absolute atomic E-state index is 12.2. The van der Waals surface area contributed by atoms with Crippen molar-refractivity contribution in [3.63, 3.8) is 0 Å². The molecule has 1 aromatic rings. The van der Waals surface area contributed by atoms with Gasteiger partial charge < -0.3 is 14.5 Å². The maximum Gasteiger partial charge on any atom is 0.271 e. The molecule has 7 nitrogen and oxygen atoms in total. The number of morpholine rings is 1.